The molecule has 2 heteroatoms. The molecule has 0 bridgehead atoms. The Labute approximate surface area is 62.4 Å². The first-order valence-corrected chi connectivity index (χ1v) is 3.53. The highest BCUT2D eigenvalue weighted by atomic mass is 16.5. The van der Waals surface area contributed by atoms with Crippen LogP contribution < -0.4 is 4.74 Å². The van der Waals surface area contributed by atoms with Crippen molar-refractivity contribution in [1.82, 2.24) is 0 Å². The predicted molar refractivity (Wildman–Crippen MR) is 45.2 cm³/mol. The molecule has 1 nitrogen and oxygen atoms in total. The minimum Gasteiger partial charge on any atom is -0.503 e. The van der Waals surface area contributed by atoms with Gasteiger partial charge in [-0.05, 0) is 18.6 Å². The molecule has 1 aromatic carbocycles. The summed E-state index contributed by atoms with van der Waals surface area (Å²) in [6.45, 7) is 2.79. The molecule has 1 rings (SSSR count). The zero-order valence-electron chi connectivity index (χ0n) is 6.42. The summed E-state index contributed by atoms with van der Waals surface area (Å²) in [4.78, 5) is 0. The predicted octanol–water partition coefficient (Wildman–Crippen LogP) is 0.964. The van der Waals surface area contributed by atoms with E-state index in [1.165, 1.54) is 5.56 Å². The maximum Gasteiger partial charge on any atom is 0.150 e. The van der Waals surface area contributed by atoms with Gasteiger partial charge < -0.3 is 4.74 Å². The third-order valence-corrected chi connectivity index (χ3v) is 1.39. The molecule has 52 valence electrons. The summed E-state index contributed by atoms with van der Waals surface area (Å²) in [5, 5.41) is 0. The van der Waals surface area contributed by atoms with E-state index < -0.39 is 0 Å². The quantitative estimate of drug-likeness (QED) is 0.547. The SMILES string of the molecule is BCOc1ccccc1C. The van der Waals surface area contributed by atoms with Crippen LogP contribution in [0.25, 0.3) is 0 Å². The molecule has 0 radical (unpaired) electrons. The van der Waals surface area contributed by atoms with Gasteiger partial charge in [-0.3, -0.25) is 0 Å². The number of rotatable bonds is 2. The number of ether oxygens (including phenoxy) is 1. The van der Waals surface area contributed by atoms with Crippen LogP contribution in [-0.4, -0.2) is 14.4 Å². The average molecular weight is 134 g/mol. The number of hydrogen-bond donors (Lipinski definition) is 0. The molecule has 0 unspecified atom stereocenters. The number of hydrogen-bond acceptors (Lipinski definition) is 1. The van der Waals surface area contributed by atoms with Crippen molar-refractivity contribution < 1.29 is 4.74 Å². The zero-order valence-corrected chi connectivity index (χ0v) is 6.42. The van der Waals surface area contributed by atoms with Crippen molar-refractivity contribution >= 4 is 7.85 Å². The lowest BCUT2D eigenvalue weighted by atomic mass is 10.2. The lowest BCUT2D eigenvalue weighted by Crippen LogP contribution is -1.96. The monoisotopic (exact) mass is 134 g/mol. The summed E-state index contributed by atoms with van der Waals surface area (Å²) in [6, 6.07) is 8.03. The van der Waals surface area contributed by atoms with Crippen molar-refractivity contribution in [2.75, 3.05) is 6.51 Å². The lowest BCUT2D eigenvalue weighted by Gasteiger charge is -2.04. The maximum atomic E-state index is 5.34. The molecule has 1 aromatic rings. The molecular weight excluding hydrogens is 123 g/mol. The zero-order chi connectivity index (χ0) is 7.40. The molecule has 0 aliphatic carbocycles. The first-order chi connectivity index (χ1) is 4.84. The summed E-state index contributed by atoms with van der Waals surface area (Å²) in [7, 11) is 1.99. The van der Waals surface area contributed by atoms with Crippen LogP contribution >= 0.6 is 0 Å². The van der Waals surface area contributed by atoms with Gasteiger partial charge in [0.05, 0.1) is 6.51 Å². The van der Waals surface area contributed by atoms with E-state index in [0.717, 1.165) is 12.3 Å². The van der Waals surface area contributed by atoms with E-state index in [1.807, 2.05) is 39.0 Å². The summed E-state index contributed by atoms with van der Waals surface area (Å²) in [5.41, 5.74) is 1.20. The molecule has 10 heavy (non-hydrogen) atoms. The van der Waals surface area contributed by atoms with Crippen LogP contribution in [0.5, 0.6) is 5.75 Å². The Morgan fingerprint density at radius 3 is 2.70 bits per heavy atom. The van der Waals surface area contributed by atoms with Gasteiger partial charge in [0.15, 0.2) is 7.85 Å². The standard InChI is InChI=1S/C8H11BO/c1-7-4-2-3-5-8(7)10-6-9/h2-5H,6,9H2,1H3. The van der Waals surface area contributed by atoms with Gasteiger partial charge in [0.2, 0.25) is 0 Å². The van der Waals surface area contributed by atoms with E-state index in [-0.39, 0.29) is 0 Å². The third-order valence-electron chi connectivity index (χ3n) is 1.39. The Hall–Kier alpha value is -0.915. The molecule has 0 heterocycles. The molecule has 0 saturated heterocycles. The van der Waals surface area contributed by atoms with E-state index in [2.05, 4.69) is 0 Å². The average Bonchev–Trinajstić information content (AvgIpc) is 1.94. The van der Waals surface area contributed by atoms with Crippen LogP contribution in [0.4, 0.5) is 0 Å². The van der Waals surface area contributed by atoms with Crippen LogP contribution in [0.2, 0.25) is 0 Å². The second-order valence-electron chi connectivity index (χ2n) is 2.20. The molecule has 0 fully saturated rings. The first kappa shape index (κ1) is 7.20. The minimum absolute atomic E-state index is 0.741. The molecule has 0 aromatic heterocycles. The Bertz CT molecular complexity index is 210. The largest absolute Gasteiger partial charge is 0.503 e. The molecule has 0 aliphatic heterocycles. The Kier molecular flexibility index (Phi) is 2.38. The molecule has 0 N–H and O–H groups in total. The van der Waals surface area contributed by atoms with Gasteiger partial charge in [0.1, 0.15) is 5.75 Å². The summed E-state index contributed by atoms with van der Waals surface area (Å²) in [6.07, 6.45) is 0. The van der Waals surface area contributed by atoms with Crippen LogP contribution in [0.15, 0.2) is 24.3 Å². The number of para-hydroxylation sites is 1. The highest BCUT2D eigenvalue weighted by Crippen LogP contribution is 2.15. The fraction of sp³-hybridized carbons (Fsp3) is 0.250. The summed E-state index contributed by atoms with van der Waals surface area (Å²) < 4.78 is 5.34. The molecular formula is C8H11BO. The molecule has 0 aliphatic rings. The fourth-order valence-electron chi connectivity index (χ4n) is 0.874. The Balaban J connectivity index is 2.81. The van der Waals surface area contributed by atoms with Crippen molar-refractivity contribution in [3.05, 3.63) is 29.8 Å². The van der Waals surface area contributed by atoms with Gasteiger partial charge in [-0.2, -0.15) is 0 Å². The van der Waals surface area contributed by atoms with Crippen molar-refractivity contribution in [2.45, 2.75) is 6.92 Å². The number of benzene rings is 1. The smallest absolute Gasteiger partial charge is 0.150 e. The fourth-order valence-corrected chi connectivity index (χ4v) is 0.874. The Morgan fingerprint density at radius 2 is 2.10 bits per heavy atom. The second-order valence-corrected chi connectivity index (χ2v) is 2.20. The normalized spacial score (nSPS) is 9.30. The van der Waals surface area contributed by atoms with Gasteiger partial charge in [0.25, 0.3) is 0 Å². The molecule has 0 amide bonds. The van der Waals surface area contributed by atoms with E-state index in [1.54, 1.807) is 0 Å². The second kappa shape index (κ2) is 3.30. The topological polar surface area (TPSA) is 9.23 Å². The van der Waals surface area contributed by atoms with E-state index in [4.69, 9.17) is 4.74 Å². The van der Waals surface area contributed by atoms with Crippen molar-refractivity contribution in [3.8, 4) is 5.75 Å². The first-order valence-electron chi connectivity index (χ1n) is 3.53. The molecule has 0 atom stereocenters. The lowest BCUT2D eigenvalue weighted by molar-refractivity contribution is 0.384. The maximum absolute atomic E-state index is 5.34. The van der Waals surface area contributed by atoms with Gasteiger partial charge in [-0.15, -0.1) is 0 Å². The number of aryl methyl sites for hydroxylation is 1. The van der Waals surface area contributed by atoms with Gasteiger partial charge in [0, 0.05) is 0 Å². The van der Waals surface area contributed by atoms with Crippen LogP contribution in [0.1, 0.15) is 5.56 Å². The minimum atomic E-state index is 0.741. The van der Waals surface area contributed by atoms with E-state index in [0.29, 0.717) is 0 Å². The van der Waals surface area contributed by atoms with Crippen molar-refractivity contribution in [2.24, 2.45) is 0 Å². The highest BCUT2D eigenvalue weighted by Gasteiger charge is 1.93. The molecule has 0 saturated carbocycles. The van der Waals surface area contributed by atoms with Crippen LogP contribution in [0, 0.1) is 6.92 Å². The van der Waals surface area contributed by atoms with Crippen molar-refractivity contribution in [1.29, 1.82) is 0 Å². The van der Waals surface area contributed by atoms with Crippen LogP contribution in [-0.2, 0) is 0 Å². The third kappa shape index (κ3) is 1.53. The summed E-state index contributed by atoms with van der Waals surface area (Å²) in [5.74, 6) is 0.991. The molecule has 0 spiro atoms. The Morgan fingerprint density at radius 1 is 1.40 bits per heavy atom. The highest BCUT2D eigenvalue weighted by molar-refractivity contribution is 6.08. The van der Waals surface area contributed by atoms with Gasteiger partial charge in [-0.1, -0.05) is 18.2 Å². The summed E-state index contributed by atoms with van der Waals surface area (Å²) >= 11 is 0. The van der Waals surface area contributed by atoms with E-state index >= 15 is 0 Å². The van der Waals surface area contributed by atoms with E-state index in [9.17, 15) is 0 Å². The van der Waals surface area contributed by atoms with Crippen molar-refractivity contribution in [3.63, 3.8) is 0 Å². The van der Waals surface area contributed by atoms with Gasteiger partial charge >= 0.3 is 0 Å². The van der Waals surface area contributed by atoms with Crippen LogP contribution in [0.3, 0.4) is 0 Å². The van der Waals surface area contributed by atoms with Gasteiger partial charge in [-0.25, -0.2) is 0 Å².